The predicted molar refractivity (Wildman–Crippen MR) is 93.7 cm³/mol. The molecule has 2 N–H and O–H groups in total. The van der Waals surface area contributed by atoms with Crippen molar-refractivity contribution in [1.82, 2.24) is 15.5 Å². The summed E-state index contributed by atoms with van der Waals surface area (Å²) in [6.45, 7) is 2.44. The number of likely N-dealkylation sites (N-methyl/N-ethyl adjacent to an activating group) is 1. The largest absolute Gasteiger partial charge is 0.354 e. The van der Waals surface area contributed by atoms with Crippen LogP contribution in [0, 0.1) is 5.92 Å². The van der Waals surface area contributed by atoms with Crippen molar-refractivity contribution in [3.8, 4) is 0 Å². The van der Waals surface area contributed by atoms with Gasteiger partial charge in [-0.15, -0.1) is 12.4 Å². The Balaban J connectivity index is 0.00000242. The quantitative estimate of drug-likeness (QED) is 0.861. The van der Waals surface area contributed by atoms with Gasteiger partial charge in [-0.2, -0.15) is 0 Å². The molecule has 0 radical (unpaired) electrons. The van der Waals surface area contributed by atoms with E-state index in [2.05, 4.69) is 15.5 Å². The second-order valence-electron chi connectivity index (χ2n) is 5.77. The van der Waals surface area contributed by atoms with Crippen molar-refractivity contribution < 1.29 is 4.79 Å². The van der Waals surface area contributed by atoms with Gasteiger partial charge in [0.15, 0.2) is 0 Å². The average Bonchev–Trinajstić information content (AvgIpc) is 2.49. The number of carbonyl (C=O) groups excluding carboxylic acids is 1. The average molecular weight is 346 g/mol. The molecule has 124 valence electrons. The highest BCUT2D eigenvalue weighted by atomic mass is 35.5. The fourth-order valence-corrected chi connectivity index (χ4v) is 3.00. The van der Waals surface area contributed by atoms with Crippen molar-refractivity contribution in [2.45, 2.75) is 18.9 Å². The normalized spacial score (nSPS) is 16.9. The fourth-order valence-electron chi connectivity index (χ4n) is 2.74. The van der Waals surface area contributed by atoms with E-state index < -0.39 is 0 Å². The molecule has 1 fully saturated rings. The standard InChI is InChI=1S/C16H24ClN3O.ClH/c1-20(2)15(13-5-3-4-6-14(13)17)11-19-16(21)12-7-9-18-10-8-12;/h3-6,12,15,18H,7-11H2,1-2H3,(H,19,21);1H. The molecule has 2 rings (SSSR count). The molecule has 1 aliphatic heterocycles. The summed E-state index contributed by atoms with van der Waals surface area (Å²) in [7, 11) is 4.01. The molecule has 0 saturated carbocycles. The predicted octanol–water partition coefficient (Wildman–Crippen LogP) is 2.48. The Morgan fingerprint density at radius 1 is 1.36 bits per heavy atom. The third-order valence-electron chi connectivity index (χ3n) is 4.07. The van der Waals surface area contributed by atoms with Gasteiger partial charge in [-0.1, -0.05) is 29.8 Å². The SMILES string of the molecule is CN(C)C(CNC(=O)C1CCNCC1)c1ccccc1Cl.Cl. The Labute approximate surface area is 144 Å². The fraction of sp³-hybridized carbons (Fsp3) is 0.562. The van der Waals surface area contributed by atoms with Crippen LogP contribution in [0.15, 0.2) is 24.3 Å². The van der Waals surface area contributed by atoms with Gasteiger partial charge in [0.25, 0.3) is 0 Å². The van der Waals surface area contributed by atoms with Crippen molar-refractivity contribution in [1.29, 1.82) is 0 Å². The summed E-state index contributed by atoms with van der Waals surface area (Å²) in [5, 5.41) is 7.12. The molecule has 1 aromatic carbocycles. The number of rotatable bonds is 5. The van der Waals surface area contributed by atoms with E-state index >= 15 is 0 Å². The van der Waals surface area contributed by atoms with Crippen LogP contribution < -0.4 is 10.6 Å². The zero-order chi connectivity index (χ0) is 15.2. The Morgan fingerprint density at radius 3 is 2.59 bits per heavy atom. The number of carbonyl (C=O) groups is 1. The van der Waals surface area contributed by atoms with Crippen molar-refractivity contribution >= 4 is 29.9 Å². The first-order valence-corrected chi connectivity index (χ1v) is 7.86. The molecule has 1 unspecified atom stereocenters. The summed E-state index contributed by atoms with van der Waals surface area (Å²) >= 11 is 6.28. The molecule has 4 nitrogen and oxygen atoms in total. The smallest absolute Gasteiger partial charge is 0.223 e. The topological polar surface area (TPSA) is 44.4 Å². The van der Waals surface area contributed by atoms with E-state index in [1.807, 2.05) is 38.4 Å². The molecular weight excluding hydrogens is 321 g/mol. The zero-order valence-corrected chi connectivity index (χ0v) is 14.7. The summed E-state index contributed by atoms with van der Waals surface area (Å²) in [6.07, 6.45) is 1.84. The number of hydrogen-bond donors (Lipinski definition) is 2. The molecule has 1 aliphatic rings. The zero-order valence-electron chi connectivity index (χ0n) is 13.1. The Morgan fingerprint density at radius 2 is 2.00 bits per heavy atom. The summed E-state index contributed by atoms with van der Waals surface area (Å²) in [6, 6.07) is 7.90. The number of nitrogens with one attached hydrogen (secondary N) is 2. The molecular formula is C16H25Cl2N3O. The van der Waals surface area contributed by atoms with Gasteiger partial charge in [0, 0.05) is 17.5 Å². The van der Waals surface area contributed by atoms with Gasteiger partial charge >= 0.3 is 0 Å². The number of hydrogen-bond acceptors (Lipinski definition) is 3. The lowest BCUT2D eigenvalue weighted by atomic mass is 9.97. The first-order valence-electron chi connectivity index (χ1n) is 7.49. The lowest BCUT2D eigenvalue weighted by Crippen LogP contribution is -2.41. The highest BCUT2D eigenvalue weighted by Crippen LogP contribution is 2.25. The van der Waals surface area contributed by atoms with E-state index in [4.69, 9.17) is 11.6 Å². The molecule has 1 heterocycles. The molecule has 6 heteroatoms. The molecule has 0 aromatic heterocycles. The van der Waals surface area contributed by atoms with E-state index in [1.165, 1.54) is 0 Å². The minimum atomic E-state index is 0. The van der Waals surface area contributed by atoms with Crippen LogP contribution in [0.1, 0.15) is 24.4 Å². The van der Waals surface area contributed by atoms with E-state index in [9.17, 15) is 4.79 Å². The first-order chi connectivity index (χ1) is 10.1. The Hall–Kier alpha value is -0.810. The van der Waals surface area contributed by atoms with Gasteiger partial charge in [0.05, 0.1) is 6.04 Å². The molecule has 0 aliphatic carbocycles. The monoisotopic (exact) mass is 345 g/mol. The van der Waals surface area contributed by atoms with Crippen molar-refractivity contribution in [2.75, 3.05) is 33.7 Å². The molecule has 1 aromatic rings. The highest BCUT2D eigenvalue weighted by molar-refractivity contribution is 6.31. The number of amides is 1. The third kappa shape index (κ3) is 5.13. The number of nitrogens with zero attached hydrogens (tertiary/aromatic N) is 1. The van der Waals surface area contributed by atoms with Gasteiger partial charge in [-0.3, -0.25) is 4.79 Å². The molecule has 1 saturated heterocycles. The Bertz CT molecular complexity index is 476. The van der Waals surface area contributed by atoms with Crippen LogP contribution >= 0.6 is 24.0 Å². The minimum absolute atomic E-state index is 0. The van der Waals surface area contributed by atoms with Crippen LogP contribution in [0.2, 0.25) is 5.02 Å². The number of piperidine rings is 1. The second kappa shape index (κ2) is 9.36. The number of benzene rings is 1. The van der Waals surface area contributed by atoms with Gasteiger partial charge < -0.3 is 15.5 Å². The van der Waals surface area contributed by atoms with Crippen LogP contribution in [0.3, 0.4) is 0 Å². The van der Waals surface area contributed by atoms with Gasteiger partial charge in [0.1, 0.15) is 0 Å². The van der Waals surface area contributed by atoms with E-state index in [0.717, 1.165) is 36.5 Å². The van der Waals surface area contributed by atoms with Crippen molar-refractivity contribution in [3.05, 3.63) is 34.9 Å². The molecule has 1 atom stereocenters. The summed E-state index contributed by atoms with van der Waals surface area (Å²) in [5.41, 5.74) is 1.05. The summed E-state index contributed by atoms with van der Waals surface area (Å²) in [4.78, 5) is 14.3. The van der Waals surface area contributed by atoms with E-state index in [-0.39, 0.29) is 30.3 Å². The van der Waals surface area contributed by atoms with Crippen molar-refractivity contribution in [3.63, 3.8) is 0 Å². The maximum absolute atomic E-state index is 12.3. The molecule has 22 heavy (non-hydrogen) atoms. The van der Waals surface area contributed by atoms with E-state index in [1.54, 1.807) is 0 Å². The molecule has 0 bridgehead atoms. The van der Waals surface area contributed by atoms with Crippen LogP contribution in [0.25, 0.3) is 0 Å². The van der Waals surface area contributed by atoms with Gasteiger partial charge in [-0.25, -0.2) is 0 Å². The van der Waals surface area contributed by atoms with E-state index in [0.29, 0.717) is 6.54 Å². The van der Waals surface area contributed by atoms with Gasteiger partial charge in [-0.05, 0) is 51.7 Å². The van der Waals surface area contributed by atoms with Crippen molar-refractivity contribution in [2.24, 2.45) is 5.92 Å². The summed E-state index contributed by atoms with van der Waals surface area (Å²) < 4.78 is 0. The van der Waals surface area contributed by atoms with Crippen LogP contribution in [-0.2, 0) is 4.79 Å². The second-order valence-corrected chi connectivity index (χ2v) is 6.18. The maximum Gasteiger partial charge on any atom is 0.223 e. The van der Waals surface area contributed by atoms with Gasteiger partial charge in [0.2, 0.25) is 5.91 Å². The Kier molecular flexibility index (Phi) is 8.18. The summed E-state index contributed by atoms with van der Waals surface area (Å²) in [5.74, 6) is 0.302. The molecule has 0 spiro atoms. The number of halogens is 2. The molecule has 1 amide bonds. The highest BCUT2D eigenvalue weighted by Gasteiger charge is 2.23. The minimum Gasteiger partial charge on any atom is -0.354 e. The first kappa shape index (κ1) is 19.2. The lowest BCUT2D eigenvalue weighted by molar-refractivity contribution is -0.125. The lowest BCUT2D eigenvalue weighted by Gasteiger charge is -2.28. The third-order valence-corrected chi connectivity index (χ3v) is 4.41. The van der Waals surface area contributed by atoms with Crippen LogP contribution in [0.5, 0.6) is 0 Å². The van der Waals surface area contributed by atoms with Crippen LogP contribution in [-0.4, -0.2) is 44.5 Å². The van der Waals surface area contributed by atoms with Crippen LogP contribution in [0.4, 0.5) is 0 Å². The maximum atomic E-state index is 12.3.